The van der Waals surface area contributed by atoms with Crippen molar-refractivity contribution in [2.45, 2.75) is 39.3 Å². The molecular formula is C19H22N4O2. The number of aromatic nitrogens is 2. The lowest BCUT2D eigenvalue weighted by molar-refractivity contribution is 0.0965. The minimum Gasteiger partial charge on any atom is -0.490 e. The van der Waals surface area contributed by atoms with E-state index in [1.165, 1.54) is 0 Å². The predicted octanol–water partition coefficient (Wildman–Crippen LogP) is 2.38. The zero-order valence-electron chi connectivity index (χ0n) is 14.6. The summed E-state index contributed by atoms with van der Waals surface area (Å²) in [4.78, 5) is 22.9. The smallest absolute Gasteiger partial charge is 0.252 e. The molecule has 1 N–H and O–H groups in total. The summed E-state index contributed by atoms with van der Waals surface area (Å²) in [7, 11) is 0. The molecule has 1 amide bonds. The highest BCUT2D eigenvalue weighted by Gasteiger charge is 2.24. The number of hydrogen-bond donors (Lipinski definition) is 1. The number of hydrogen-bond acceptors (Lipinski definition) is 5. The van der Waals surface area contributed by atoms with E-state index in [0.717, 1.165) is 60.0 Å². The van der Waals surface area contributed by atoms with Crippen molar-refractivity contribution in [2.75, 3.05) is 18.0 Å². The first kappa shape index (κ1) is 15.9. The van der Waals surface area contributed by atoms with Crippen LogP contribution in [0.25, 0.3) is 0 Å². The van der Waals surface area contributed by atoms with Crippen LogP contribution < -0.4 is 15.0 Å². The van der Waals surface area contributed by atoms with Gasteiger partial charge in [0.05, 0.1) is 0 Å². The van der Waals surface area contributed by atoms with Crippen molar-refractivity contribution in [1.29, 1.82) is 0 Å². The Morgan fingerprint density at radius 3 is 2.84 bits per heavy atom. The summed E-state index contributed by atoms with van der Waals surface area (Å²) in [6, 6.07) is 5.80. The molecule has 2 aliphatic heterocycles. The number of nitrogens with one attached hydrogen (secondary N) is 1. The first-order valence-corrected chi connectivity index (χ1v) is 8.73. The summed E-state index contributed by atoms with van der Waals surface area (Å²) in [5, 5.41) is 2.84. The van der Waals surface area contributed by atoms with Crippen LogP contribution in [0.4, 0.5) is 5.82 Å². The largest absolute Gasteiger partial charge is 0.490 e. The molecule has 130 valence electrons. The molecular weight excluding hydrogens is 316 g/mol. The Balaban J connectivity index is 1.40. The molecule has 0 bridgehead atoms. The van der Waals surface area contributed by atoms with Crippen molar-refractivity contribution in [3.63, 3.8) is 0 Å². The van der Waals surface area contributed by atoms with Crippen molar-refractivity contribution < 1.29 is 9.53 Å². The number of carbonyl (C=O) groups is 1. The third-order valence-electron chi connectivity index (χ3n) is 4.88. The zero-order valence-corrected chi connectivity index (χ0v) is 14.6. The molecule has 25 heavy (non-hydrogen) atoms. The molecule has 4 rings (SSSR count). The fraction of sp³-hybridized carbons (Fsp3) is 0.421. The van der Waals surface area contributed by atoms with Gasteiger partial charge >= 0.3 is 0 Å². The van der Waals surface area contributed by atoms with Gasteiger partial charge in [0.25, 0.3) is 5.91 Å². The van der Waals surface area contributed by atoms with Gasteiger partial charge in [-0.1, -0.05) is 6.07 Å². The van der Waals surface area contributed by atoms with Crippen LogP contribution in [0, 0.1) is 13.8 Å². The summed E-state index contributed by atoms with van der Waals surface area (Å²) in [6.07, 6.45) is 3.93. The van der Waals surface area contributed by atoms with Crippen LogP contribution >= 0.6 is 0 Å². The topological polar surface area (TPSA) is 67.4 Å². The Kier molecular flexibility index (Phi) is 4.03. The Labute approximate surface area is 147 Å². The molecule has 0 aliphatic carbocycles. The molecule has 1 aromatic carbocycles. The predicted molar refractivity (Wildman–Crippen MR) is 95.0 cm³/mol. The highest BCUT2D eigenvalue weighted by Crippen LogP contribution is 2.26. The van der Waals surface area contributed by atoms with Crippen molar-refractivity contribution in [1.82, 2.24) is 15.3 Å². The molecule has 6 nitrogen and oxygen atoms in total. The minimum atomic E-state index is -0.00937. The van der Waals surface area contributed by atoms with E-state index < -0.39 is 0 Å². The Hall–Kier alpha value is -2.63. The lowest BCUT2D eigenvalue weighted by Gasteiger charge is -2.33. The number of aryl methyl sites for hydroxylation is 2. The van der Waals surface area contributed by atoms with Crippen LogP contribution in [-0.4, -0.2) is 35.1 Å². The van der Waals surface area contributed by atoms with Gasteiger partial charge in [-0.25, -0.2) is 9.97 Å². The lowest BCUT2D eigenvalue weighted by Crippen LogP contribution is -2.39. The molecule has 1 aromatic heterocycles. The van der Waals surface area contributed by atoms with E-state index in [-0.39, 0.29) is 12.0 Å². The molecule has 3 heterocycles. The van der Waals surface area contributed by atoms with Crippen LogP contribution in [0.3, 0.4) is 0 Å². The van der Waals surface area contributed by atoms with Gasteiger partial charge in [-0.15, -0.1) is 0 Å². The molecule has 0 radical (unpaired) electrons. The van der Waals surface area contributed by atoms with Gasteiger partial charge < -0.3 is 15.0 Å². The van der Waals surface area contributed by atoms with Gasteiger partial charge in [0.2, 0.25) is 0 Å². The van der Waals surface area contributed by atoms with E-state index in [1.54, 1.807) is 0 Å². The monoisotopic (exact) mass is 338 g/mol. The molecule has 0 saturated carbocycles. The van der Waals surface area contributed by atoms with Crippen LogP contribution in [0.15, 0.2) is 24.4 Å². The van der Waals surface area contributed by atoms with E-state index in [1.807, 2.05) is 38.2 Å². The number of fused-ring (bicyclic) bond motifs is 1. The molecule has 0 unspecified atom stereocenters. The van der Waals surface area contributed by atoms with E-state index in [9.17, 15) is 4.79 Å². The number of carbonyl (C=O) groups excluding carboxylic acids is 1. The van der Waals surface area contributed by atoms with Crippen molar-refractivity contribution in [3.05, 3.63) is 46.9 Å². The number of rotatable bonds is 3. The second kappa shape index (κ2) is 6.35. The second-order valence-electron chi connectivity index (χ2n) is 6.73. The standard InChI is InChI=1S/C19H22N4O2/c1-12-10-20-13(2)22-18(12)23-7-5-15(6-8-23)25-16-4-3-14-11-21-19(24)17(14)9-16/h3-4,9-10,15H,5-8,11H2,1-2H3,(H,21,24). The first-order chi connectivity index (χ1) is 12.1. The summed E-state index contributed by atoms with van der Waals surface area (Å²) in [5.41, 5.74) is 2.89. The van der Waals surface area contributed by atoms with E-state index in [4.69, 9.17) is 4.74 Å². The fourth-order valence-electron chi connectivity index (χ4n) is 3.48. The van der Waals surface area contributed by atoms with Gasteiger partial charge in [-0.05, 0) is 31.5 Å². The van der Waals surface area contributed by atoms with E-state index in [0.29, 0.717) is 6.54 Å². The Morgan fingerprint density at radius 2 is 2.04 bits per heavy atom. The summed E-state index contributed by atoms with van der Waals surface area (Å²) in [6.45, 7) is 6.40. The van der Waals surface area contributed by atoms with Crippen LogP contribution in [0.5, 0.6) is 5.75 Å². The van der Waals surface area contributed by atoms with Crippen molar-refractivity contribution in [3.8, 4) is 5.75 Å². The third-order valence-corrected chi connectivity index (χ3v) is 4.88. The Bertz CT molecular complexity index is 813. The highest BCUT2D eigenvalue weighted by molar-refractivity contribution is 5.98. The lowest BCUT2D eigenvalue weighted by atomic mass is 10.1. The number of piperidine rings is 1. The number of anilines is 1. The van der Waals surface area contributed by atoms with Gasteiger partial charge in [-0.3, -0.25) is 4.79 Å². The average Bonchev–Trinajstić information content (AvgIpc) is 2.99. The maximum Gasteiger partial charge on any atom is 0.252 e. The quantitative estimate of drug-likeness (QED) is 0.931. The second-order valence-corrected chi connectivity index (χ2v) is 6.73. The maximum absolute atomic E-state index is 11.8. The number of ether oxygens (including phenoxy) is 1. The highest BCUT2D eigenvalue weighted by atomic mass is 16.5. The molecule has 2 aliphatic rings. The van der Waals surface area contributed by atoms with Crippen molar-refractivity contribution in [2.24, 2.45) is 0 Å². The normalized spacial score (nSPS) is 17.4. The molecule has 1 saturated heterocycles. The van der Waals surface area contributed by atoms with E-state index >= 15 is 0 Å². The van der Waals surface area contributed by atoms with Crippen molar-refractivity contribution >= 4 is 11.7 Å². The van der Waals surface area contributed by atoms with Crippen LogP contribution in [0.2, 0.25) is 0 Å². The molecule has 1 fully saturated rings. The summed E-state index contributed by atoms with van der Waals surface area (Å²) in [5.74, 6) is 2.60. The molecule has 0 atom stereocenters. The van der Waals surface area contributed by atoms with Gasteiger partial charge in [0, 0.05) is 49.8 Å². The van der Waals surface area contributed by atoms with Gasteiger partial charge in [-0.2, -0.15) is 0 Å². The SMILES string of the molecule is Cc1ncc(C)c(N2CCC(Oc3ccc4c(c3)C(=O)NC4)CC2)n1. The average molecular weight is 338 g/mol. The van der Waals surface area contributed by atoms with Gasteiger partial charge in [0.15, 0.2) is 0 Å². The zero-order chi connectivity index (χ0) is 17.4. The minimum absolute atomic E-state index is 0.00937. The Morgan fingerprint density at radius 1 is 1.24 bits per heavy atom. The number of nitrogens with zero attached hydrogens (tertiary/aromatic N) is 3. The number of benzene rings is 1. The van der Waals surface area contributed by atoms with Crippen LogP contribution in [0.1, 0.15) is 40.2 Å². The molecule has 2 aromatic rings. The first-order valence-electron chi connectivity index (χ1n) is 8.73. The third kappa shape index (κ3) is 3.16. The van der Waals surface area contributed by atoms with Gasteiger partial charge in [0.1, 0.15) is 23.5 Å². The summed E-state index contributed by atoms with van der Waals surface area (Å²) < 4.78 is 6.13. The van der Waals surface area contributed by atoms with E-state index in [2.05, 4.69) is 20.2 Å². The molecule has 0 spiro atoms. The summed E-state index contributed by atoms with van der Waals surface area (Å²) >= 11 is 0. The van der Waals surface area contributed by atoms with Crippen LogP contribution in [-0.2, 0) is 6.54 Å². The maximum atomic E-state index is 11.8. The fourth-order valence-corrected chi connectivity index (χ4v) is 3.48. The molecule has 6 heteroatoms. The number of amides is 1.